The van der Waals surface area contributed by atoms with E-state index in [0.29, 0.717) is 37.7 Å². The average Bonchev–Trinajstić information content (AvgIpc) is 2.94. The molecule has 0 aromatic heterocycles. The molecule has 0 aliphatic carbocycles. The average molecular weight is 339 g/mol. The van der Waals surface area contributed by atoms with Gasteiger partial charge in [0.05, 0.1) is 25.4 Å². The number of nitrogens with zero attached hydrogens (tertiary/aromatic N) is 1. The van der Waals surface area contributed by atoms with Gasteiger partial charge in [0.1, 0.15) is 24.7 Å². The first kappa shape index (κ1) is 18.0. The maximum atomic E-state index is 11.2. The molecule has 0 radical (unpaired) electrons. The van der Waals surface area contributed by atoms with Crippen LogP contribution in [-0.2, 0) is 19.0 Å². The molecule has 0 spiro atoms. The lowest BCUT2D eigenvalue weighted by molar-refractivity contribution is -0.142. The number of rotatable bonds is 9. The van der Waals surface area contributed by atoms with Gasteiger partial charge < -0.3 is 29.2 Å². The lowest BCUT2D eigenvalue weighted by atomic mass is 10.1. The van der Waals surface area contributed by atoms with Gasteiger partial charge in [0.25, 0.3) is 0 Å². The Bertz CT molecular complexity index is 616. The second kappa shape index (κ2) is 7.98. The van der Waals surface area contributed by atoms with Crippen LogP contribution in [0.3, 0.4) is 0 Å². The van der Waals surface area contributed by atoms with Gasteiger partial charge >= 0.3 is 5.97 Å². The van der Waals surface area contributed by atoms with Crippen molar-refractivity contribution in [2.75, 3.05) is 40.1 Å². The zero-order valence-electron chi connectivity index (χ0n) is 13.7. The summed E-state index contributed by atoms with van der Waals surface area (Å²) < 4.78 is 20.9. The number of benzene rings is 1. The maximum absolute atomic E-state index is 11.2. The van der Waals surface area contributed by atoms with Crippen LogP contribution < -0.4 is 4.74 Å². The molecule has 2 rings (SSSR count). The number of phenolic OH excluding ortho intramolecular Hbond substituents is 1. The van der Waals surface area contributed by atoms with Crippen molar-refractivity contribution in [1.82, 2.24) is 0 Å². The van der Waals surface area contributed by atoms with Gasteiger partial charge in [-0.3, -0.25) is 0 Å². The van der Waals surface area contributed by atoms with Crippen molar-refractivity contribution >= 4 is 11.9 Å². The van der Waals surface area contributed by atoms with Gasteiger partial charge in [-0.05, 0) is 19.1 Å². The summed E-state index contributed by atoms with van der Waals surface area (Å²) in [6, 6.07) is 4.64. The van der Waals surface area contributed by atoms with Crippen LogP contribution in [0.2, 0.25) is 0 Å². The molecule has 132 valence electrons. The number of hydrogen-bond donors (Lipinski definition) is 2. The van der Waals surface area contributed by atoms with Crippen molar-refractivity contribution in [3.63, 3.8) is 0 Å². The first-order chi connectivity index (χ1) is 11.5. The van der Waals surface area contributed by atoms with Crippen LogP contribution in [0, 0.1) is 0 Å². The Morgan fingerprint density at radius 3 is 2.71 bits per heavy atom. The van der Waals surface area contributed by atoms with Gasteiger partial charge in [0.15, 0.2) is 5.54 Å². The second-order valence-electron chi connectivity index (χ2n) is 5.42. The Hall–Kier alpha value is -2.32. The van der Waals surface area contributed by atoms with Crippen LogP contribution in [0.15, 0.2) is 23.2 Å². The number of carboxylic acid groups (broad SMARTS) is 1. The smallest absolute Gasteiger partial charge is 0.335 e. The normalized spacial score (nSPS) is 19.7. The SMILES string of the molecule is COCCOCCOc1ccc(C2=N[C@@](C)(C(=O)O)CO2)c(O)c1. The van der Waals surface area contributed by atoms with E-state index in [4.69, 9.17) is 24.1 Å². The minimum absolute atomic E-state index is 0.0752. The van der Waals surface area contributed by atoms with E-state index in [1.807, 2.05) is 0 Å². The highest BCUT2D eigenvalue weighted by atomic mass is 16.5. The first-order valence-electron chi connectivity index (χ1n) is 7.45. The standard InChI is InChI=1S/C16H21NO7/c1-16(15(19)20)10-24-14(17-16)12-4-3-11(9-13(12)18)23-8-7-22-6-5-21-2/h3-4,9,18H,5-8,10H2,1-2H3,(H,19,20)/t16-/m1/s1. The molecule has 0 unspecified atom stereocenters. The minimum Gasteiger partial charge on any atom is -0.507 e. The third-order valence-corrected chi connectivity index (χ3v) is 3.43. The molecule has 0 saturated heterocycles. The number of hydrogen-bond acceptors (Lipinski definition) is 7. The number of ether oxygens (including phenoxy) is 4. The topological polar surface area (TPSA) is 107 Å². The monoisotopic (exact) mass is 339 g/mol. The quantitative estimate of drug-likeness (QED) is 0.648. The Morgan fingerprint density at radius 2 is 2.08 bits per heavy atom. The van der Waals surface area contributed by atoms with E-state index >= 15 is 0 Å². The molecule has 0 saturated carbocycles. The first-order valence-corrected chi connectivity index (χ1v) is 7.45. The zero-order valence-corrected chi connectivity index (χ0v) is 13.7. The van der Waals surface area contributed by atoms with Crippen LogP contribution in [0.5, 0.6) is 11.5 Å². The molecule has 0 fully saturated rings. The zero-order chi connectivity index (χ0) is 17.6. The predicted octanol–water partition coefficient (Wildman–Crippen LogP) is 1.05. The van der Waals surface area contributed by atoms with Gasteiger partial charge in [0.2, 0.25) is 5.90 Å². The number of aliphatic imine (C=N–C) groups is 1. The summed E-state index contributed by atoms with van der Waals surface area (Å²) >= 11 is 0. The summed E-state index contributed by atoms with van der Waals surface area (Å²) in [6.45, 7) is 3.13. The summed E-state index contributed by atoms with van der Waals surface area (Å²) in [7, 11) is 1.60. The summed E-state index contributed by atoms with van der Waals surface area (Å²) in [6.07, 6.45) is 0. The van der Waals surface area contributed by atoms with E-state index in [2.05, 4.69) is 4.99 Å². The number of methoxy groups -OCH3 is 1. The second-order valence-corrected chi connectivity index (χ2v) is 5.42. The van der Waals surface area contributed by atoms with Gasteiger partial charge in [-0.2, -0.15) is 0 Å². The Kier molecular flexibility index (Phi) is 5.99. The summed E-state index contributed by atoms with van der Waals surface area (Å²) in [5, 5.41) is 19.2. The van der Waals surface area contributed by atoms with Crippen molar-refractivity contribution in [3.8, 4) is 11.5 Å². The Labute approximate surface area is 139 Å². The summed E-state index contributed by atoms with van der Waals surface area (Å²) in [5.41, 5.74) is -1.01. The van der Waals surface area contributed by atoms with Gasteiger partial charge in [-0.25, -0.2) is 9.79 Å². The molecular weight excluding hydrogens is 318 g/mol. The van der Waals surface area contributed by atoms with E-state index in [-0.39, 0.29) is 18.3 Å². The van der Waals surface area contributed by atoms with E-state index in [0.717, 1.165) is 0 Å². The predicted molar refractivity (Wildman–Crippen MR) is 84.8 cm³/mol. The molecule has 1 aliphatic heterocycles. The molecule has 0 amide bonds. The molecule has 24 heavy (non-hydrogen) atoms. The highest BCUT2D eigenvalue weighted by Gasteiger charge is 2.40. The lowest BCUT2D eigenvalue weighted by Crippen LogP contribution is -2.34. The number of carboxylic acids is 1. The molecular formula is C16H21NO7. The van der Waals surface area contributed by atoms with E-state index in [1.54, 1.807) is 19.2 Å². The number of aliphatic carboxylic acids is 1. The van der Waals surface area contributed by atoms with E-state index in [1.165, 1.54) is 13.0 Å². The maximum Gasteiger partial charge on any atom is 0.335 e. The Balaban J connectivity index is 1.94. The third-order valence-electron chi connectivity index (χ3n) is 3.43. The van der Waals surface area contributed by atoms with Crippen LogP contribution in [0.4, 0.5) is 0 Å². The molecule has 1 aliphatic rings. The summed E-state index contributed by atoms with van der Waals surface area (Å²) in [5.74, 6) is -0.607. The van der Waals surface area contributed by atoms with Crippen LogP contribution in [0.25, 0.3) is 0 Å². The molecule has 2 N–H and O–H groups in total. The van der Waals surface area contributed by atoms with E-state index < -0.39 is 11.5 Å². The van der Waals surface area contributed by atoms with Crippen LogP contribution in [-0.4, -0.2) is 67.8 Å². The highest BCUT2D eigenvalue weighted by molar-refractivity contribution is 6.00. The number of aromatic hydroxyl groups is 1. The van der Waals surface area contributed by atoms with Crippen molar-refractivity contribution in [2.24, 2.45) is 4.99 Å². The molecule has 1 aromatic carbocycles. The lowest BCUT2D eigenvalue weighted by Gasteiger charge is -2.10. The van der Waals surface area contributed by atoms with Crippen molar-refractivity contribution in [1.29, 1.82) is 0 Å². The molecule has 8 nitrogen and oxygen atoms in total. The van der Waals surface area contributed by atoms with E-state index in [9.17, 15) is 9.90 Å². The van der Waals surface area contributed by atoms with Gasteiger partial charge in [0, 0.05) is 13.2 Å². The van der Waals surface area contributed by atoms with Crippen molar-refractivity contribution in [3.05, 3.63) is 23.8 Å². The molecule has 1 heterocycles. The number of carbonyl (C=O) groups is 1. The fraction of sp³-hybridized carbons (Fsp3) is 0.500. The molecule has 1 atom stereocenters. The summed E-state index contributed by atoms with van der Waals surface area (Å²) in [4.78, 5) is 15.2. The van der Waals surface area contributed by atoms with Crippen molar-refractivity contribution in [2.45, 2.75) is 12.5 Å². The highest BCUT2D eigenvalue weighted by Crippen LogP contribution is 2.29. The van der Waals surface area contributed by atoms with Gasteiger partial charge in [-0.15, -0.1) is 0 Å². The fourth-order valence-corrected chi connectivity index (χ4v) is 1.99. The number of phenols is 1. The van der Waals surface area contributed by atoms with Gasteiger partial charge in [-0.1, -0.05) is 0 Å². The van der Waals surface area contributed by atoms with Crippen LogP contribution >= 0.6 is 0 Å². The largest absolute Gasteiger partial charge is 0.507 e. The molecule has 0 bridgehead atoms. The molecule has 8 heteroatoms. The Morgan fingerprint density at radius 1 is 1.33 bits per heavy atom. The van der Waals surface area contributed by atoms with Crippen molar-refractivity contribution < 1.29 is 34.0 Å². The third kappa shape index (κ3) is 4.36. The van der Waals surface area contributed by atoms with Crippen LogP contribution in [0.1, 0.15) is 12.5 Å². The minimum atomic E-state index is -1.34. The fourth-order valence-electron chi connectivity index (χ4n) is 1.99. The molecule has 1 aromatic rings.